The first kappa shape index (κ1) is 14.9. The number of carboxylic acid groups (broad SMARTS) is 1. The van der Waals surface area contributed by atoms with E-state index in [9.17, 15) is 13.2 Å². The van der Waals surface area contributed by atoms with Gasteiger partial charge in [-0.2, -0.15) is 0 Å². The third-order valence-electron chi connectivity index (χ3n) is 2.91. The van der Waals surface area contributed by atoms with E-state index < -0.39 is 16.0 Å². The Morgan fingerprint density at radius 3 is 2.48 bits per heavy atom. The van der Waals surface area contributed by atoms with Gasteiger partial charge in [0.2, 0.25) is 0 Å². The number of sulfonamides is 1. The van der Waals surface area contributed by atoms with Crippen LogP contribution in [0.15, 0.2) is 47.4 Å². The molecule has 110 valence electrons. The molecule has 2 aromatic rings. The average molecular weight is 306 g/mol. The molecule has 0 radical (unpaired) electrons. The Balaban J connectivity index is 2.50. The summed E-state index contributed by atoms with van der Waals surface area (Å²) in [4.78, 5) is 10.9. The van der Waals surface area contributed by atoms with Crippen LogP contribution < -0.4 is 10.5 Å². The molecule has 0 unspecified atom stereocenters. The maximum absolute atomic E-state index is 12.4. The number of carboxylic acids is 1. The summed E-state index contributed by atoms with van der Waals surface area (Å²) in [5.74, 6) is -1.35. The summed E-state index contributed by atoms with van der Waals surface area (Å²) in [5.41, 5.74) is 6.45. The molecule has 0 heterocycles. The van der Waals surface area contributed by atoms with Gasteiger partial charge in [-0.3, -0.25) is 4.72 Å². The van der Waals surface area contributed by atoms with Gasteiger partial charge in [0.05, 0.1) is 11.3 Å². The highest BCUT2D eigenvalue weighted by atomic mass is 32.2. The van der Waals surface area contributed by atoms with Crippen molar-refractivity contribution in [2.24, 2.45) is 0 Å². The van der Waals surface area contributed by atoms with Crippen molar-refractivity contribution in [3.05, 3.63) is 53.6 Å². The van der Waals surface area contributed by atoms with Gasteiger partial charge in [-0.25, -0.2) is 13.2 Å². The molecular formula is C14H14N2O4S. The molecule has 0 bridgehead atoms. The number of nitrogens with two attached hydrogens (primary N) is 1. The number of para-hydroxylation sites is 1. The summed E-state index contributed by atoms with van der Waals surface area (Å²) in [7, 11) is -4.01. The summed E-state index contributed by atoms with van der Waals surface area (Å²) < 4.78 is 27.1. The number of nitrogens with one attached hydrogen (secondary N) is 1. The zero-order valence-corrected chi connectivity index (χ0v) is 12.0. The number of anilines is 2. The van der Waals surface area contributed by atoms with Crippen molar-refractivity contribution >= 4 is 27.4 Å². The van der Waals surface area contributed by atoms with Crippen molar-refractivity contribution in [3.8, 4) is 0 Å². The van der Waals surface area contributed by atoms with Gasteiger partial charge < -0.3 is 10.8 Å². The molecule has 0 atom stereocenters. The fraction of sp³-hybridized carbons (Fsp3) is 0.0714. The third kappa shape index (κ3) is 3.14. The van der Waals surface area contributed by atoms with Crippen LogP contribution in [0.2, 0.25) is 0 Å². The number of benzene rings is 2. The second-order valence-electron chi connectivity index (χ2n) is 4.48. The van der Waals surface area contributed by atoms with Crippen molar-refractivity contribution < 1.29 is 18.3 Å². The standard InChI is InChI=1S/C14H14N2O4S/c1-9-4-2-3-5-12(9)16-21(19,20)13-7-6-10(15)8-11(13)14(17)18/h2-8,16H,15H2,1H3,(H,17,18). The van der Waals surface area contributed by atoms with Crippen LogP contribution in [-0.2, 0) is 10.0 Å². The molecular weight excluding hydrogens is 292 g/mol. The van der Waals surface area contributed by atoms with E-state index in [0.29, 0.717) is 5.69 Å². The average Bonchev–Trinajstić information content (AvgIpc) is 2.40. The SMILES string of the molecule is Cc1ccccc1NS(=O)(=O)c1ccc(N)cc1C(=O)O. The van der Waals surface area contributed by atoms with Crippen molar-refractivity contribution in [2.75, 3.05) is 10.5 Å². The van der Waals surface area contributed by atoms with Crippen LogP contribution in [0.5, 0.6) is 0 Å². The second kappa shape index (κ2) is 5.45. The van der Waals surface area contributed by atoms with E-state index in [1.165, 1.54) is 12.1 Å². The fourth-order valence-electron chi connectivity index (χ4n) is 1.84. The van der Waals surface area contributed by atoms with Crippen LogP contribution in [0.25, 0.3) is 0 Å². The monoisotopic (exact) mass is 306 g/mol. The number of aryl methyl sites for hydroxylation is 1. The van der Waals surface area contributed by atoms with Gasteiger partial charge in [0.1, 0.15) is 4.90 Å². The molecule has 7 heteroatoms. The van der Waals surface area contributed by atoms with E-state index in [-0.39, 0.29) is 16.1 Å². The topological polar surface area (TPSA) is 109 Å². The number of hydrogen-bond acceptors (Lipinski definition) is 4. The van der Waals surface area contributed by atoms with Crippen molar-refractivity contribution in [2.45, 2.75) is 11.8 Å². The van der Waals surface area contributed by atoms with Crippen LogP contribution in [-0.4, -0.2) is 19.5 Å². The van der Waals surface area contributed by atoms with Crippen LogP contribution in [0.1, 0.15) is 15.9 Å². The summed E-state index contributed by atoms with van der Waals surface area (Å²) in [6.45, 7) is 1.75. The van der Waals surface area contributed by atoms with E-state index in [2.05, 4.69) is 4.72 Å². The lowest BCUT2D eigenvalue weighted by molar-refractivity contribution is 0.0692. The largest absolute Gasteiger partial charge is 0.478 e. The molecule has 0 saturated carbocycles. The van der Waals surface area contributed by atoms with E-state index in [0.717, 1.165) is 11.6 Å². The van der Waals surface area contributed by atoms with Gasteiger partial charge >= 0.3 is 5.97 Å². The minimum Gasteiger partial charge on any atom is -0.478 e. The number of rotatable bonds is 4. The highest BCUT2D eigenvalue weighted by Gasteiger charge is 2.23. The van der Waals surface area contributed by atoms with Crippen LogP contribution in [0.3, 0.4) is 0 Å². The molecule has 4 N–H and O–H groups in total. The first-order chi connectivity index (χ1) is 9.81. The number of hydrogen-bond donors (Lipinski definition) is 3. The van der Waals surface area contributed by atoms with Gasteiger partial charge in [0.15, 0.2) is 0 Å². The van der Waals surface area contributed by atoms with E-state index in [1.807, 2.05) is 0 Å². The Labute approximate surface area is 122 Å². The lowest BCUT2D eigenvalue weighted by Crippen LogP contribution is -2.17. The summed E-state index contributed by atoms with van der Waals surface area (Å²) in [6, 6.07) is 10.5. The van der Waals surface area contributed by atoms with Crippen molar-refractivity contribution in [3.63, 3.8) is 0 Å². The second-order valence-corrected chi connectivity index (χ2v) is 6.13. The van der Waals surface area contributed by atoms with Gasteiger partial charge in [-0.05, 0) is 36.8 Å². The van der Waals surface area contributed by atoms with Gasteiger partial charge in [0, 0.05) is 5.69 Å². The minimum absolute atomic E-state index is 0.183. The molecule has 0 aliphatic carbocycles. The van der Waals surface area contributed by atoms with E-state index >= 15 is 0 Å². The molecule has 2 rings (SSSR count). The Kier molecular flexibility index (Phi) is 3.86. The van der Waals surface area contributed by atoms with Crippen LogP contribution in [0.4, 0.5) is 11.4 Å². The molecule has 0 fully saturated rings. The number of nitrogen functional groups attached to an aromatic ring is 1. The smallest absolute Gasteiger partial charge is 0.337 e. The molecule has 6 nitrogen and oxygen atoms in total. The molecule has 0 aliphatic heterocycles. The lowest BCUT2D eigenvalue weighted by atomic mass is 10.2. The first-order valence-electron chi connectivity index (χ1n) is 6.02. The highest BCUT2D eigenvalue weighted by Crippen LogP contribution is 2.23. The molecule has 0 spiro atoms. The molecule has 21 heavy (non-hydrogen) atoms. The van der Waals surface area contributed by atoms with Crippen LogP contribution >= 0.6 is 0 Å². The zero-order chi connectivity index (χ0) is 15.6. The Morgan fingerprint density at radius 2 is 1.86 bits per heavy atom. The lowest BCUT2D eigenvalue weighted by Gasteiger charge is -2.12. The Hall–Kier alpha value is -2.54. The molecule has 2 aromatic carbocycles. The summed E-state index contributed by atoms with van der Waals surface area (Å²) in [6.07, 6.45) is 0. The molecule has 0 aliphatic rings. The maximum Gasteiger partial charge on any atom is 0.337 e. The summed E-state index contributed by atoms with van der Waals surface area (Å²) in [5, 5.41) is 9.13. The quantitative estimate of drug-likeness (QED) is 0.749. The fourth-order valence-corrected chi connectivity index (χ4v) is 3.15. The Bertz CT molecular complexity index is 800. The van der Waals surface area contributed by atoms with Gasteiger partial charge in [-0.1, -0.05) is 18.2 Å². The predicted octanol–water partition coefficient (Wildman–Crippen LogP) is 2.08. The van der Waals surface area contributed by atoms with Gasteiger partial charge in [-0.15, -0.1) is 0 Å². The third-order valence-corrected chi connectivity index (χ3v) is 4.34. The minimum atomic E-state index is -4.01. The van der Waals surface area contributed by atoms with E-state index in [1.54, 1.807) is 31.2 Å². The van der Waals surface area contributed by atoms with Crippen molar-refractivity contribution in [1.29, 1.82) is 0 Å². The van der Waals surface area contributed by atoms with Crippen LogP contribution in [0, 0.1) is 6.92 Å². The zero-order valence-electron chi connectivity index (χ0n) is 11.2. The normalized spacial score (nSPS) is 11.1. The summed E-state index contributed by atoms with van der Waals surface area (Å²) >= 11 is 0. The number of aromatic carboxylic acids is 1. The maximum atomic E-state index is 12.4. The molecule has 0 amide bonds. The number of carbonyl (C=O) groups is 1. The molecule has 0 saturated heterocycles. The van der Waals surface area contributed by atoms with Crippen molar-refractivity contribution in [1.82, 2.24) is 0 Å². The van der Waals surface area contributed by atoms with E-state index in [4.69, 9.17) is 10.8 Å². The predicted molar refractivity (Wildman–Crippen MR) is 79.8 cm³/mol. The van der Waals surface area contributed by atoms with Gasteiger partial charge in [0.25, 0.3) is 10.0 Å². The Morgan fingerprint density at radius 1 is 1.19 bits per heavy atom. The first-order valence-corrected chi connectivity index (χ1v) is 7.51. The highest BCUT2D eigenvalue weighted by molar-refractivity contribution is 7.92. The molecule has 0 aromatic heterocycles.